The maximum Gasteiger partial charge on any atom is 0.416 e. The van der Waals surface area contributed by atoms with Gasteiger partial charge in [0, 0.05) is 26.2 Å². The minimum atomic E-state index is -4.45. The Morgan fingerprint density at radius 1 is 0.818 bits per heavy atom. The monoisotopic (exact) mass is 454 g/mol. The zero-order valence-corrected chi connectivity index (χ0v) is 18.0. The number of carbonyl (C=O) groups is 1. The second kappa shape index (κ2) is 10.1. The van der Waals surface area contributed by atoms with Gasteiger partial charge in [0.05, 0.1) is 11.6 Å². The molecule has 0 saturated carbocycles. The molecule has 1 amide bonds. The van der Waals surface area contributed by atoms with E-state index >= 15 is 0 Å². The van der Waals surface area contributed by atoms with Gasteiger partial charge in [-0.2, -0.15) is 13.2 Å². The number of hydrogen-bond acceptors (Lipinski definition) is 3. The third-order valence-electron chi connectivity index (χ3n) is 5.79. The highest BCUT2D eigenvalue weighted by molar-refractivity contribution is 5.77. The molecule has 1 aliphatic rings. The fourth-order valence-electron chi connectivity index (χ4n) is 4.11. The maximum atomic E-state index is 12.9. The molecule has 0 aliphatic carbocycles. The van der Waals surface area contributed by atoms with Crippen molar-refractivity contribution in [2.75, 3.05) is 32.8 Å². The van der Waals surface area contributed by atoms with Crippen LogP contribution in [0.2, 0.25) is 0 Å². The molecule has 7 heteroatoms. The van der Waals surface area contributed by atoms with Crippen LogP contribution in [0.5, 0.6) is 5.75 Å². The van der Waals surface area contributed by atoms with Crippen molar-refractivity contribution in [2.24, 2.45) is 0 Å². The quantitative estimate of drug-likeness (QED) is 0.525. The molecule has 3 aromatic carbocycles. The van der Waals surface area contributed by atoms with Crippen LogP contribution in [0, 0.1) is 0 Å². The highest BCUT2D eigenvalue weighted by atomic mass is 19.4. The second-order valence-electron chi connectivity index (χ2n) is 7.95. The van der Waals surface area contributed by atoms with Crippen LogP contribution in [0.25, 0.3) is 0 Å². The highest BCUT2D eigenvalue weighted by Gasteiger charge is 2.31. The van der Waals surface area contributed by atoms with E-state index in [-0.39, 0.29) is 24.3 Å². The van der Waals surface area contributed by atoms with Crippen LogP contribution in [0.1, 0.15) is 22.7 Å². The van der Waals surface area contributed by atoms with Gasteiger partial charge in [-0.3, -0.25) is 9.69 Å². The molecule has 0 N–H and O–H groups in total. The summed E-state index contributed by atoms with van der Waals surface area (Å²) < 4.78 is 44.0. The van der Waals surface area contributed by atoms with Crippen LogP contribution >= 0.6 is 0 Å². The lowest BCUT2D eigenvalue weighted by atomic mass is 9.96. The number of halogens is 3. The minimum Gasteiger partial charge on any atom is -0.484 e. The van der Waals surface area contributed by atoms with Crippen LogP contribution in [-0.4, -0.2) is 48.5 Å². The number of piperazine rings is 1. The Balaban J connectivity index is 1.37. The maximum absolute atomic E-state index is 12.9. The number of ether oxygens (including phenoxy) is 1. The Morgan fingerprint density at radius 3 is 1.94 bits per heavy atom. The topological polar surface area (TPSA) is 32.8 Å². The number of rotatable bonds is 6. The molecule has 33 heavy (non-hydrogen) atoms. The summed E-state index contributed by atoms with van der Waals surface area (Å²) in [5, 5.41) is 0. The van der Waals surface area contributed by atoms with Gasteiger partial charge < -0.3 is 9.64 Å². The molecule has 0 spiro atoms. The molecule has 0 unspecified atom stereocenters. The summed E-state index contributed by atoms with van der Waals surface area (Å²) in [5.41, 5.74) is 1.58. The Hall–Kier alpha value is -3.32. The number of nitrogens with zero attached hydrogens (tertiary/aromatic N) is 2. The molecule has 172 valence electrons. The van der Waals surface area contributed by atoms with E-state index in [9.17, 15) is 18.0 Å². The number of amides is 1. The van der Waals surface area contributed by atoms with Crippen molar-refractivity contribution in [1.29, 1.82) is 0 Å². The molecule has 1 heterocycles. The fraction of sp³-hybridized carbons (Fsp3) is 0.269. The van der Waals surface area contributed by atoms with E-state index in [0.29, 0.717) is 26.2 Å². The second-order valence-corrected chi connectivity index (χ2v) is 7.95. The summed E-state index contributed by atoms with van der Waals surface area (Å²) in [6, 6.07) is 25.2. The van der Waals surface area contributed by atoms with Gasteiger partial charge in [0.2, 0.25) is 0 Å². The molecule has 4 rings (SSSR count). The van der Waals surface area contributed by atoms with E-state index in [1.165, 1.54) is 23.3 Å². The molecular weight excluding hydrogens is 429 g/mol. The molecular formula is C26H25F3N2O2. The van der Waals surface area contributed by atoms with Crippen LogP contribution in [0.15, 0.2) is 84.9 Å². The van der Waals surface area contributed by atoms with Gasteiger partial charge in [-0.05, 0) is 29.3 Å². The largest absolute Gasteiger partial charge is 0.484 e. The molecule has 1 fully saturated rings. The van der Waals surface area contributed by atoms with E-state index < -0.39 is 11.7 Å². The number of carbonyl (C=O) groups excluding carboxylic acids is 1. The first-order chi connectivity index (χ1) is 15.9. The summed E-state index contributed by atoms with van der Waals surface area (Å²) in [4.78, 5) is 16.7. The van der Waals surface area contributed by atoms with Crippen molar-refractivity contribution >= 4 is 5.91 Å². The fourth-order valence-corrected chi connectivity index (χ4v) is 4.11. The summed E-state index contributed by atoms with van der Waals surface area (Å²) in [6.45, 7) is 2.14. The first-order valence-corrected chi connectivity index (χ1v) is 10.8. The summed E-state index contributed by atoms with van der Waals surface area (Å²) >= 11 is 0. The molecule has 1 aliphatic heterocycles. The third-order valence-corrected chi connectivity index (χ3v) is 5.79. The van der Waals surface area contributed by atoms with E-state index in [4.69, 9.17) is 4.74 Å². The van der Waals surface area contributed by atoms with E-state index in [1.54, 1.807) is 4.90 Å². The summed E-state index contributed by atoms with van der Waals surface area (Å²) in [6.07, 6.45) is -4.45. The van der Waals surface area contributed by atoms with Gasteiger partial charge in [-0.15, -0.1) is 0 Å². The van der Waals surface area contributed by atoms with Gasteiger partial charge in [0.1, 0.15) is 5.75 Å². The van der Waals surface area contributed by atoms with Crippen molar-refractivity contribution in [3.63, 3.8) is 0 Å². The number of alkyl halides is 3. The Kier molecular flexibility index (Phi) is 6.99. The van der Waals surface area contributed by atoms with Crippen LogP contribution < -0.4 is 4.74 Å². The van der Waals surface area contributed by atoms with Crippen molar-refractivity contribution in [3.8, 4) is 5.75 Å². The van der Waals surface area contributed by atoms with Gasteiger partial charge >= 0.3 is 6.18 Å². The van der Waals surface area contributed by atoms with Crippen molar-refractivity contribution < 1.29 is 22.7 Å². The van der Waals surface area contributed by atoms with Crippen LogP contribution in [0.3, 0.4) is 0 Å². The van der Waals surface area contributed by atoms with Crippen molar-refractivity contribution in [1.82, 2.24) is 9.80 Å². The standard InChI is InChI=1S/C26H25F3N2O2/c27-26(28,29)22-12-7-13-23(18-22)33-19-24(32)30-14-16-31(17-15-30)25(20-8-3-1-4-9-20)21-10-5-2-6-11-21/h1-13,18,25H,14-17,19H2. The van der Waals surface area contributed by atoms with Gasteiger partial charge in [0.15, 0.2) is 6.61 Å². The smallest absolute Gasteiger partial charge is 0.416 e. The molecule has 0 atom stereocenters. The van der Waals surface area contributed by atoms with Gasteiger partial charge in [-0.1, -0.05) is 66.7 Å². The lowest BCUT2D eigenvalue weighted by Gasteiger charge is -2.39. The normalized spacial score (nSPS) is 15.0. The van der Waals surface area contributed by atoms with Crippen LogP contribution in [-0.2, 0) is 11.0 Å². The number of hydrogen-bond donors (Lipinski definition) is 0. The minimum absolute atomic E-state index is 0.0324. The average Bonchev–Trinajstić information content (AvgIpc) is 2.84. The predicted molar refractivity (Wildman–Crippen MR) is 120 cm³/mol. The molecule has 0 bridgehead atoms. The molecule has 0 radical (unpaired) electrons. The Morgan fingerprint density at radius 2 is 1.39 bits per heavy atom. The first kappa shape index (κ1) is 22.9. The molecule has 1 saturated heterocycles. The lowest BCUT2D eigenvalue weighted by Crippen LogP contribution is -2.51. The van der Waals surface area contributed by atoms with Crippen LogP contribution in [0.4, 0.5) is 13.2 Å². The zero-order chi connectivity index (χ0) is 23.3. The van der Waals surface area contributed by atoms with Crippen molar-refractivity contribution in [2.45, 2.75) is 12.2 Å². The molecule has 3 aromatic rings. The van der Waals surface area contributed by atoms with E-state index in [1.807, 2.05) is 36.4 Å². The highest BCUT2D eigenvalue weighted by Crippen LogP contribution is 2.32. The zero-order valence-electron chi connectivity index (χ0n) is 18.0. The van der Waals surface area contributed by atoms with Gasteiger partial charge in [0.25, 0.3) is 5.91 Å². The third kappa shape index (κ3) is 5.73. The van der Waals surface area contributed by atoms with E-state index in [0.717, 1.165) is 12.1 Å². The first-order valence-electron chi connectivity index (χ1n) is 10.8. The molecule has 0 aromatic heterocycles. The predicted octanol–water partition coefficient (Wildman–Crippen LogP) is 5.02. The Labute approximate surface area is 191 Å². The lowest BCUT2D eigenvalue weighted by molar-refractivity contribution is -0.137. The Bertz CT molecular complexity index is 1010. The summed E-state index contributed by atoms with van der Waals surface area (Å²) in [7, 11) is 0. The van der Waals surface area contributed by atoms with Crippen molar-refractivity contribution in [3.05, 3.63) is 102 Å². The van der Waals surface area contributed by atoms with E-state index in [2.05, 4.69) is 29.2 Å². The number of benzene rings is 3. The van der Waals surface area contributed by atoms with Gasteiger partial charge in [-0.25, -0.2) is 0 Å². The average molecular weight is 454 g/mol. The summed E-state index contributed by atoms with van der Waals surface area (Å²) in [5.74, 6) is -0.201. The SMILES string of the molecule is O=C(COc1cccc(C(F)(F)F)c1)N1CCN(C(c2ccccc2)c2ccccc2)CC1. The molecule has 4 nitrogen and oxygen atoms in total.